The number of aromatic nitrogens is 1. The second-order valence-corrected chi connectivity index (χ2v) is 3.01. The first-order valence-corrected chi connectivity index (χ1v) is 4.49. The van der Waals surface area contributed by atoms with Gasteiger partial charge in [0.25, 0.3) is 0 Å². The second-order valence-electron chi connectivity index (χ2n) is 3.01. The average molecular weight is 192 g/mol. The van der Waals surface area contributed by atoms with E-state index in [4.69, 9.17) is 0 Å². The van der Waals surface area contributed by atoms with Crippen molar-refractivity contribution < 1.29 is 4.39 Å². The molecule has 1 rings (SSSR count). The number of hydrogen-bond donors (Lipinski definition) is 1. The molecule has 0 unspecified atom stereocenters. The summed E-state index contributed by atoms with van der Waals surface area (Å²) in [5, 5.41) is 2.97. The molecular weight excluding hydrogens is 179 g/mol. The van der Waals surface area contributed by atoms with Gasteiger partial charge < -0.3 is 5.32 Å². The molecule has 1 aromatic heterocycles. The first-order valence-electron chi connectivity index (χ1n) is 4.49. The van der Waals surface area contributed by atoms with Crippen LogP contribution >= 0.6 is 0 Å². The average Bonchev–Trinajstić information content (AvgIpc) is 2.18. The lowest BCUT2D eigenvalue weighted by molar-refractivity contribution is 0.579. The molecule has 1 aromatic rings. The maximum Gasteiger partial charge on any atom is 0.228 e. The van der Waals surface area contributed by atoms with Gasteiger partial charge in [0.15, 0.2) is 0 Å². The van der Waals surface area contributed by atoms with Crippen LogP contribution in [0.25, 0.3) is 0 Å². The molecule has 0 aliphatic rings. The Labute approximate surface area is 83.6 Å². The van der Waals surface area contributed by atoms with Gasteiger partial charge >= 0.3 is 0 Å². The maximum absolute atomic E-state index is 13.0. The summed E-state index contributed by atoms with van der Waals surface area (Å²) in [6.07, 6.45) is 2.21. The van der Waals surface area contributed by atoms with Gasteiger partial charge in [0.2, 0.25) is 5.95 Å². The Hall–Kier alpha value is -1.40. The van der Waals surface area contributed by atoms with Crippen LogP contribution < -0.4 is 5.32 Å². The van der Waals surface area contributed by atoms with E-state index in [-0.39, 0.29) is 0 Å². The minimum Gasteiger partial charge on any atom is -0.319 e. The van der Waals surface area contributed by atoms with Crippen LogP contribution in [0.4, 0.5) is 4.39 Å². The highest BCUT2D eigenvalue weighted by atomic mass is 19.1. The molecule has 14 heavy (non-hydrogen) atoms. The van der Waals surface area contributed by atoms with Gasteiger partial charge in [-0.2, -0.15) is 4.39 Å². The van der Waals surface area contributed by atoms with Crippen molar-refractivity contribution in [2.75, 3.05) is 13.6 Å². The van der Waals surface area contributed by atoms with E-state index >= 15 is 0 Å². The molecule has 1 N–H and O–H groups in total. The molecule has 0 atom stereocenters. The van der Waals surface area contributed by atoms with E-state index in [1.165, 1.54) is 6.20 Å². The van der Waals surface area contributed by atoms with Gasteiger partial charge in [-0.05, 0) is 25.6 Å². The summed E-state index contributed by atoms with van der Waals surface area (Å²) in [4.78, 5) is 3.59. The Morgan fingerprint density at radius 1 is 1.57 bits per heavy atom. The van der Waals surface area contributed by atoms with Gasteiger partial charge in [-0.3, -0.25) is 0 Å². The van der Waals surface area contributed by atoms with Crippen molar-refractivity contribution >= 4 is 0 Å². The Balaban J connectivity index is 2.73. The van der Waals surface area contributed by atoms with Crippen LogP contribution in [0.1, 0.15) is 17.5 Å². The normalized spacial score (nSPS) is 9.36. The minimum atomic E-state index is -0.493. The molecule has 0 radical (unpaired) electrons. The lowest BCUT2D eigenvalue weighted by atomic mass is 10.2. The van der Waals surface area contributed by atoms with Crippen molar-refractivity contribution in [2.24, 2.45) is 0 Å². The van der Waals surface area contributed by atoms with Crippen molar-refractivity contribution in [3.8, 4) is 11.8 Å². The van der Waals surface area contributed by atoms with Crippen molar-refractivity contribution in [1.29, 1.82) is 0 Å². The molecule has 0 amide bonds. The Kier molecular flexibility index (Phi) is 4.09. The van der Waals surface area contributed by atoms with Gasteiger partial charge in [0.05, 0.1) is 5.56 Å². The fourth-order valence-corrected chi connectivity index (χ4v) is 0.985. The Morgan fingerprint density at radius 3 is 3.07 bits per heavy atom. The molecule has 0 spiro atoms. The largest absolute Gasteiger partial charge is 0.319 e. The second kappa shape index (κ2) is 5.36. The van der Waals surface area contributed by atoms with Crippen LogP contribution in [0.5, 0.6) is 0 Å². The van der Waals surface area contributed by atoms with Crippen LogP contribution in [-0.4, -0.2) is 18.6 Å². The van der Waals surface area contributed by atoms with Gasteiger partial charge in [0, 0.05) is 19.2 Å². The summed E-state index contributed by atoms with van der Waals surface area (Å²) in [5.41, 5.74) is 1.30. The van der Waals surface area contributed by atoms with Crippen molar-refractivity contribution in [3.63, 3.8) is 0 Å². The van der Waals surface area contributed by atoms with Crippen molar-refractivity contribution in [3.05, 3.63) is 29.3 Å². The highest BCUT2D eigenvalue weighted by Crippen LogP contribution is 2.04. The van der Waals surface area contributed by atoms with Gasteiger partial charge in [-0.15, -0.1) is 0 Å². The van der Waals surface area contributed by atoms with Crippen molar-refractivity contribution in [1.82, 2.24) is 10.3 Å². The highest BCUT2D eigenvalue weighted by Gasteiger charge is 1.98. The van der Waals surface area contributed by atoms with Crippen molar-refractivity contribution in [2.45, 2.75) is 13.3 Å². The predicted octanol–water partition coefficient (Wildman–Crippen LogP) is 1.49. The molecular formula is C11H13FN2. The van der Waals surface area contributed by atoms with E-state index in [1.54, 1.807) is 6.07 Å². The summed E-state index contributed by atoms with van der Waals surface area (Å²) < 4.78 is 13.0. The lowest BCUT2D eigenvalue weighted by Gasteiger charge is -1.94. The molecule has 0 aliphatic carbocycles. The SMILES string of the molecule is CNCCC#Cc1cc(C)cnc1F. The van der Waals surface area contributed by atoms with Gasteiger partial charge in [0.1, 0.15) is 0 Å². The number of rotatable bonds is 2. The Morgan fingerprint density at radius 2 is 2.36 bits per heavy atom. The molecule has 0 aromatic carbocycles. The minimum absolute atomic E-state index is 0.376. The van der Waals surface area contributed by atoms with E-state index in [9.17, 15) is 4.39 Å². The lowest BCUT2D eigenvalue weighted by Crippen LogP contribution is -2.05. The van der Waals surface area contributed by atoms with Gasteiger partial charge in [-0.25, -0.2) is 4.98 Å². The number of nitrogens with zero attached hydrogens (tertiary/aromatic N) is 1. The quantitative estimate of drug-likeness (QED) is 0.436. The first-order chi connectivity index (χ1) is 6.74. The smallest absolute Gasteiger partial charge is 0.228 e. The zero-order valence-electron chi connectivity index (χ0n) is 8.39. The van der Waals surface area contributed by atoms with E-state index in [0.717, 1.165) is 12.1 Å². The number of pyridine rings is 1. The maximum atomic E-state index is 13.0. The number of hydrogen-bond acceptors (Lipinski definition) is 2. The summed E-state index contributed by atoms with van der Waals surface area (Å²) in [6, 6.07) is 1.70. The van der Waals surface area contributed by atoms with Crippen LogP contribution in [0.15, 0.2) is 12.3 Å². The van der Waals surface area contributed by atoms with Gasteiger partial charge in [-0.1, -0.05) is 11.8 Å². The molecule has 0 bridgehead atoms. The van der Waals surface area contributed by atoms with E-state index in [1.807, 2.05) is 14.0 Å². The fourth-order valence-electron chi connectivity index (χ4n) is 0.985. The monoisotopic (exact) mass is 192 g/mol. The summed E-state index contributed by atoms with van der Waals surface area (Å²) in [5.74, 6) is 5.15. The first kappa shape index (κ1) is 10.7. The molecule has 3 heteroatoms. The van der Waals surface area contributed by atoms with E-state index < -0.39 is 5.95 Å². The molecule has 0 saturated carbocycles. The van der Waals surface area contributed by atoms with Crippen LogP contribution in [-0.2, 0) is 0 Å². The third kappa shape index (κ3) is 3.15. The number of nitrogens with one attached hydrogen (secondary N) is 1. The van der Waals surface area contributed by atoms with E-state index in [2.05, 4.69) is 22.1 Å². The molecule has 0 fully saturated rings. The molecule has 0 saturated heterocycles. The zero-order valence-corrected chi connectivity index (χ0v) is 8.39. The standard InChI is InChI=1S/C11H13FN2/c1-9-7-10(11(12)14-8-9)5-3-4-6-13-2/h7-8,13H,4,6H2,1-2H3. The summed E-state index contributed by atoms with van der Waals surface area (Å²) in [6.45, 7) is 2.68. The third-order valence-electron chi connectivity index (χ3n) is 1.70. The molecule has 74 valence electrons. The Bertz CT molecular complexity index is 363. The van der Waals surface area contributed by atoms with E-state index in [0.29, 0.717) is 12.0 Å². The topological polar surface area (TPSA) is 24.9 Å². The van der Waals surface area contributed by atoms with Crippen LogP contribution in [0.2, 0.25) is 0 Å². The molecule has 0 aliphatic heterocycles. The predicted molar refractivity (Wildman–Crippen MR) is 54.4 cm³/mol. The molecule has 1 heterocycles. The summed E-state index contributed by atoms with van der Waals surface area (Å²) >= 11 is 0. The number of halogens is 1. The highest BCUT2D eigenvalue weighted by molar-refractivity contribution is 5.34. The third-order valence-corrected chi connectivity index (χ3v) is 1.70. The fraction of sp³-hybridized carbons (Fsp3) is 0.364. The van der Waals surface area contributed by atoms with Crippen LogP contribution in [0, 0.1) is 24.7 Å². The summed E-state index contributed by atoms with van der Waals surface area (Å²) in [7, 11) is 1.86. The van der Waals surface area contributed by atoms with Crippen LogP contribution in [0.3, 0.4) is 0 Å². The number of aryl methyl sites for hydroxylation is 1. The zero-order chi connectivity index (χ0) is 10.4. The molecule has 2 nitrogen and oxygen atoms in total.